The van der Waals surface area contributed by atoms with E-state index in [1.807, 2.05) is 18.2 Å². The molecule has 7 heteroatoms. The molecule has 0 saturated heterocycles. The van der Waals surface area contributed by atoms with Gasteiger partial charge in [0, 0.05) is 5.56 Å². The minimum atomic E-state index is -1.42. The molecule has 4 N–H and O–H groups in total. The average Bonchev–Trinajstić information content (AvgIpc) is 2.54. The number of ether oxygens (including phenoxy) is 1. The highest BCUT2D eigenvalue weighted by molar-refractivity contribution is 5.85. The SMILES string of the molecule is C[C@](N)(CC(=O)O)c1cccc(NC(=O)OCc2ccccc2)c1F. The lowest BCUT2D eigenvalue weighted by atomic mass is 9.89. The maximum atomic E-state index is 14.6. The summed E-state index contributed by atoms with van der Waals surface area (Å²) in [6.45, 7) is 1.46. The van der Waals surface area contributed by atoms with Crippen LogP contribution in [0.25, 0.3) is 0 Å². The number of hydrogen-bond donors (Lipinski definition) is 3. The third-order valence-electron chi connectivity index (χ3n) is 3.58. The van der Waals surface area contributed by atoms with Crippen LogP contribution < -0.4 is 11.1 Å². The zero-order valence-electron chi connectivity index (χ0n) is 13.7. The van der Waals surface area contributed by atoms with Gasteiger partial charge in [0.2, 0.25) is 0 Å². The number of carboxylic acid groups (broad SMARTS) is 1. The van der Waals surface area contributed by atoms with Gasteiger partial charge < -0.3 is 15.6 Å². The van der Waals surface area contributed by atoms with Crippen LogP contribution in [0.3, 0.4) is 0 Å². The first kappa shape index (κ1) is 18.4. The zero-order valence-corrected chi connectivity index (χ0v) is 13.7. The van der Waals surface area contributed by atoms with E-state index in [9.17, 15) is 14.0 Å². The highest BCUT2D eigenvalue weighted by Crippen LogP contribution is 2.28. The monoisotopic (exact) mass is 346 g/mol. The average molecular weight is 346 g/mol. The number of amides is 1. The number of carbonyl (C=O) groups is 2. The van der Waals surface area contributed by atoms with E-state index in [2.05, 4.69) is 5.32 Å². The lowest BCUT2D eigenvalue weighted by molar-refractivity contribution is -0.138. The first-order valence-electron chi connectivity index (χ1n) is 7.57. The fraction of sp³-hybridized carbons (Fsp3) is 0.222. The summed E-state index contributed by atoms with van der Waals surface area (Å²) < 4.78 is 19.6. The van der Waals surface area contributed by atoms with Gasteiger partial charge in [0.1, 0.15) is 6.61 Å². The van der Waals surface area contributed by atoms with Crippen LogP contribution in [0.1, 0.15) is 24.5 Å². The molecule has 2 aromatic rings. The van der Waals surface area contributed by atoms with Gasteiger partial charge in [-0.1, -0.05) is 42.5 Å². The van der Waals surface area contributed by atoms with Gasteiger partial charge in [0.05, 0.1) is 17.6 Å². The number of nitrogens with one attached hydrogen (secondary N) is 1. The maximum Gasteiger partial charge on any atom is 0.412 e. The summed E-state index contributed by atoms with van der Waals surface area (Å²) in [5.74, 6) is -1.93. The number of benzene rings is 2. The Kier molecular flexibility index (Phi) is 5.71. The van der Waals surface area contributed by atoms with E-state index >= 15 is 0 Å². The van der Waals surface area contributed by atoms with Gasteiger partial charge in [-0.2, -0.15) is 0 Å². The van der Waals surface area contributed by atoms with Gasteiger partial charge in [-0.25, -0.2) is 9.18 Å². The largest absolute Gasteiger partial charge is 0.481 e. The van der Waals surface area contributed by atoms with Crippen LogP contribution in [0.15, 0.2) is 48.5 Å². The van der Waals surface area contributed by atoms with Crippen molar-refractivity contribution in [2.75, 3.05) is 5.32 Å². The Morgan fingerprint density at radius 1 is 1.20 bits per heavy atom. The molecule has 0 aromatic heterocycles. The van der Waals surface area contributed by atoms with Crippen molar-refractivity contribution >= 4 is 17.7 Å². The number of rotatable bonds is 6. The van der Waals surface area contributed by atoms with Crippen molar-refractivity contribution < 1.29 is 23.8 Å². The molecule has 0 bridgehead atoms. The Labute approximate surface area is 144 Å². The van der Waals surface area contributed by atoms with Gasteiger partial charge in [-0.15, -0.1) is 0 Å². The Balaban J connectivity index is 2.08. The lowest BCUT2D eigenvalue weighted by Gasteiger charge is -2.24. The van der Waals surface area contributed by atoms with Crippen molar-refractivity contribution in [1.82, 2.24) is 0 Å². The number of anilines is 1. The van der Waals surface area contributed by atoms with Gasteiger partial charge >= 0.3 is 12.1 Å². The standard InChI is InChI=1S/C18H19FN2O4/c1-18(20,10-15(22)23)13-8-5-9-14(16(13)19)21-17(24)25-11-12-6-3-2-4-7-12/h2-9H,10-11,20H2,1H3,(H,21,24)(H,22,23)/t18-/m0/s1. The summed E-state index contributed by atoms with van der Waals surface area (Å²) in [7, 11) is 0. The van der Waals surface area contributed by atoms with Crippen LogP contribution in [0.2, 0.25) is 0 Å². The minimum absolute atomic E-state index is 0.00393. The van der Waals surface area contributed by atoms with Crippen molar-refractivity contribution in [3.8, 4) is 0 Å². The molecule has 0 aliphatic rings. The van der Waals surface area contributed by atoms with Crippen LogP contribution >= 0.6 is 0 Å². The molecule has 0 unspecified atom stereocenters. The van der Waals surface area contributed by atoms with E-state index in [1.165, 1.54) is 25.1 Å². The molecule has 0 aliphatic carbocycles. The van der Waals surface area contributed by atoms with Crippen LogP contribution in [-0.4, -0.2) is 17.2 Å². The summed E-state index contributed by atoms with van der Waals surface area (Å²) in [4.78, 5) is 22.7. The van der Waals surface area contributed by atoms with Gasteiger partial charge in [0.15, 0.2) is 5.82 Å². The van der Waals surface area contributed by atoms with Crippen molar-refractivity contribution in [3.63, 3.8) is 0 Å². The molecule has 1 amide bonds. The van der Waals surface area contributed by atoms with Gasteiger partial charge in [-0.3, -0.25) is 10.1 Å². The number of carbonyl (C=O) groups excluding carboxylic acids is 1. The van der Waals surface area contributed by atoms with Crippen LogP contribution in [0, 0.1) is 5.82 Å². The number of nitrogens with two attached hydrogens (primary N) is 1. The van der Waals surface area contributed by atoms with E-state index in [4.69, 9.17) is 15.6 Å². The molecule has 132 valence electrons. The summed E-state index contributed by atoms with van der Waals surface area (Å²) >= 11 is 0. The molecule has 6 nitrogen and oxygen atoms in total. The number of hydrogen-bond acceptors (Lipinski definition) is 4. The molecule has 1 atom stereocenters. The molecule has 2 rings (SSSR count). The van der Waals surface area contributed by atoms with Gasteiger partial charge in [0.25, 0.3) is 0 Å². The molecule has 0 heterocycles. The molecule has 0 radical (unpaired) electrons. The maximum absolute atomic E-state index is 14.6. The Morgan fingerprint density at radius 2 is 1.88 bits per heavy atom. The second-order valence-electron chi connectivity index (χ2n) is 5.84. The molecular weight excluding hydrogens is 327 g/mol. The topological polar surface area (TPSA) is 102 Å². The van der Waals surface area contributed by atoms with Crippen LogP contribution in [0.4, 0.5) is 14.9 Å². The summed E-state index contributed by atoms with van der Waals surface area (Å²) in [6.07, 6.45) is -1.27. The Morgan fingerprint density at radius 3 is 2.52 bits per heavy atom. The van der Waals surface area contributed by atoms with Crippen molar-refractivity contribution in [3.05, 3.63) is 65.5 Å². The number of carboxylic acids is 1. The second kappa shape index (κ2) is 7.76. The Hall–Kier alpha value is -2.93. The predicted molar refractivity (Wildman–Crippen MR) is 90.4 cm³/mol. The molecular formula is C18H19FN2O4. The minimum Gasteiger partial charge on any atom is -0.481 e. The normalized spacial score (nSPS) is 12.9. The first-order chi connectivity index (χ1) is 11.8. The number of halogens is 1. The fourth-order valence-corrected chi connectivity index (χ4v) is 2.35. The van der Waals surface area contributed by atoms with E-state index in [0.717, 1.165) is 5.56 Å². The van der Waals surface area contributed by atoms with Crippen LogP contribution in [-0.2, 0) is 21.7 Å². The summed E-state index contributed by atoms with van der Waals surface area (Å²) in [6, 6.07) is 13.3. The molecule has 2 aromatic carbocycles. The summed E-state index contributed by atoms with van der Waals surface area (Å²) in [5.41, 5.74) is 5.16. The van der Waals surface area contributed by atoms with E-state index < -0.39 is 29.8 Å². The first-order valence-corrected chi connectivity index (χ1v) is 7.57. The molecule has 0 spiro atoms. The van der Waals surface area contributed by atoms with Crippen LogP contribution in [0.5, 0.6) is 0 Å². The predicted octanol–water partition coefficient (Wildman–Crippen LogP) is 3.22. The zero-order chi connectivity index (χ0) is 18.4. The number of aliphatic carboxylic acids is 1. The Bertz CT molecular complexity index is 763. The molecule has 0 aliphatic heterocycles. The smallest absolute Gasteiger partial charge is 0.412 e. The lowest BCUT2D eigenvalue weighted by Crippen LogP contribution is -2.36. The van der Waals surface area contributed by atoms with Gasteiger partial charge in [-0.05, 0) is 18.6 Å². The third-order valence-corrected chi connectivity index (χ3v) is 3.58. The van der Waals surface area contributed by atoms with E-state index in [1.54, 1.807) is 12.1 Å². The molecule has 0 saturated carbocycles. The van der Waals surface area contributed by atoms with Crippen molar-refractivity contribution in [2.24, 2.45) is 5.73 Å². The van der Waals surface area contributed by atoms with E-state index in [-0.39, 0.29) is 17.9 Å². The third kappa shape index (κ3) is 5.02. The van der Waals surface area contributed by atoms with E-state index in [0.29, 0.717) is 0 Å². The second-order valence-corrected chi connectivity index (χ2v) is 5.84. The van der Waals surface area contributed by atoms with Crippen molar-refractivity contribution in [1.29, 1.82) is 0 Å². The summed E-state index contributed by atoms with van der Waals surface area (Å²) in [5, 5.41) is 11.2. The molecule has 25 heavy (non-hydrogen) atoms. The van der Waals surface area contributed by atoms with Crippen molar-refractivity contribution in [2.45, 2.75) is 25.5 Å². The quantitative estimate of drug-likeness (QED) is 0.745. The highest BCUT2D eigenvalue weighted by Gasteiger charge is 2.29. The highest BCUT2D eigenvalue weighted by atomic mass is 19.1. The molecule has 0 fully saturated rings. The fourth-order valence-electron chi connectivity index (χ4n) is 2.35.